The first kappa shape index (κ1) is 11.7. The Bertz CT molecular complexity index is 444. The summed E-state index contributed by atoms with van der Waals surface area (Å²) < 4.78 is 10.8. The van der Waals surface area contributed by atoms with E-state index in [9.17, 15) is 4.79 Å². The fraction of sp³-hybridized carbons (Fsp3) is 0.417. The number of carbonyl (C=O) groups excluding carboxylic acids is 1. The number of amides is 1. The van der Waals surface area contributed by atoms with Gasteiger partial charge in [0.1, 0.15) is 0 Å². The lowest BCUT2D eigenvalue weighted by molar-refractivity contribution is -0.123. The van der Waals surface area contributed by atoms with Crippen molar-refractivity contribution in [3.8, 4) is 11.5 Å². The van der Waals surface area contributed by atoms with Crippen molar-refractivity contribution in [1.29, 1.82) is 0 Å². The standard InChI is InChI=1S/C12H15NO4/c1-3-9-12(15)13-8-4-7(6-14)5-10(16-2)11(8)17-9/h4-5,9,14H,3,6H2,1-2H3,(H,13,15). The van der Waals surface area contributed by atoms with E-state index in [0.29, 0.717) is 29.2 Å². The normalized spacial score (nSPS) is 18.1. The molecule has 17 heavy (non-hydrogen) atoms. The van der Waals surface area contributed by atoms with Crippen LogP contribution in [-0.4, -0.2) is 24.2 Å². The summed E-state index contributed by atoms with van der Waals surface area (Å²) in [5.41, 5.74) is 1.21. The van der Waals surface area contributed by atoms with Crippen LogP contribution in [0.25, 0.3) is 0 Å². The van der Waals surface area contributed by atoms with Crippen molar-refractivity contribution in [3.05, 3.63) is 17.7 Å². The van der Waals surface area contributed by atoms with Gasteiger partial charge in [-0.25, -0.2) is 0 Å². The molecule has 0 aliphatic carbocycles. The van der Waals surface area contributed by atoms with Crippen LogP contribution in [0.1, 0.15) is 18.9 Å². The number of methoxy groups -OCH3 is 1. The fourth-order valence-electron chi connectivity index (χ4n) is 1.79. The summed E-state index contributed by atoms with van der Waals surface area (Å²) in [6.07, 6.45) is 0.104. The van der Waals surface area contributed by atoms with E-state index < -0.39 is 6.10 Å². The molecule has 1 aliphatic rings. The predicted octanol–water partition coefficient (Wildman–Crippen LogP) is 1.30. The molecule has 0 fully saturated rings. The van der Waals surface area contributed by atoms with Crippen molar-refractivity contribution < 1.29 is 19.4 Å². The molecule has 1 amide bonds. The zero-order valence-electron chi connectivity index (χ0n) is 9.82. The molecule has 1 unspecified atom stereocenters. The van der Waals surface area contributed by atoms with Crippen molar-refractivity contribution in [2.45, 2.75) is 26.1 Å². The van der Waals surface area contributed by atoms with Crippen LogP contribution in [0.4, 0.5) is 5.69 Å². The molecule has 1 heterocycles. The molecule has 0 radical (unpaired) electrons. The number of fused-ring (bicyclic) bond motifs is 1. The predicted molar refractivity (Wildman–Crippen MR) is 62.3 cm³/mol. The number of anilines is 1. The lowest BCUT2D eigenvalue weighted by Crippen LogP contribution is -2.36. The van der Waals surface area contributed by atoms with Gasteiger partial charge in [0.25, 0.3) is 5.91 Å². The molecule has 0 bridgehead atoms. The number of carbonyl (C=O) groups is 1. The van der Waals surface area contributed by atoms with Gasteiger partial charge in [-0.15, -0.1) is 0 Å². The second-order valence-corrected chi connectivity index (χ2v) is 3.84. The summed E-state index contributed by atoms with van der Waals surface area (Å²) in [5.74, 6) is 0.873. The van der Waals surface area contributed by atoms with Crippen LogP contribution >= 0.6 is 0 Å². The first-order chi connectivity index (χ1) is 8.19. The van der Waals surface area contributed by atoms with Crippen molar-refractivity contribution in [2.24, 2.45) is 0 Å². The van der Waals surface area contributed by atoms with Gasteiger partial charge in [0, 0.05) is 0 Å². The van der Waals surface area contributed by atoms with Crippen LogP contribution in [0.15, 0.2) is 12.1 Å². The van der Waals surface area contributed by atoms with Gasteiger partial charge in [0.2, 0.25) is 0 Å². The van der Waals surface area contributed by atoms with Gasteiger partial charge in [-0.05, 0) is 24.1 Å². The van der Waals surface area contributed by atoms with Gasteiger partial charge < -0.3 is 19.9 Å². The van der Waals surface area contributed by atoms with Crippen LogP contribution in [-0.2, 0) is 11.4 Å². The maximum Gasteiger partial charge on any atom is 0.265 e. The van der Waals surface area contributed by atoms with Gasteiger partial charge >= 0.3 is 0 Å². The van der Waals surface area contributed by atoms with E-state index in [4.69, 9.17) is 14.6 Å². The number of rotatable bonds is 3. The highest BCUT2D eigenvalue weighted by Crippen LogP contribution is 2.40. The Morgan fingerprint density at radius 1 is 1.53 bits per heavy atom. The van der Waals surface area contributed by atoms with E-state index in [-0.39, 0.29) is 12.5 Å². The highest BCUT2D eigenvalue weighted by Gasteiger charge is 2.28. The molecule has 2 rings (SSSR count). The molecule has 92 valence electrons. The number of nitrogens with one attached hydrogen (secondary N) is 1. The van der Waals surface area contributed by atoms with E-state index >= 15 is 0 Å². The Labute approximate surface area is 99.3 Å². The molecule has 1 aliphatic heterocycles. The van der Waals surface area contributed by atoms with Crippen LogP contribution in [0, 0.1) is 0 Å². The van der Waals surface area contributed by atoms with Crippen molar-refractivity contribution >= 4 is 11.6 Å². The minimum absolute atomic E-state index is 0.114. The quantitative estimate of drug-likeness (QED) is 0.831. The molecule has 0 saturated heterocycles. The number of aliphatic hydroxyl groups is 1. The molecule has 0 spiro atoms. The van der Waals surface area contributed by atoms with Crippen LogP contribution < -0.4 is 14.8 Å². The maximum atomic E-state index is 11.6. The van der Waals surface area contributed by atoms with Gasteiger partial charge in [-0.2, -0.15) is 0 Å². The van der Waals surface area contributed by atoms with Crippen LogP contribution in [0.5, 0.6) is 11.5 Å². The molecular weight excluding hydrogens is 222 g/mol. The van der Waals surface area contributed by atoms with Gasteiger partial charge in [0.15, 0.2) is 17.6 Å². The zero-order valence-corrected chi connectivity index (χ0v) is 9.82. The van der Waals surface area contributed by atoms with Gasteiger partial charge in [-0.1, -0.05) is 6.92 Å². The Hall–Kier alpha value is -1.75. The summed E-state index contributed by atoms with van der Waals surface area (Å²) in [7, 11) is 1.53. The summed E-state index contributed by atoms with van der Waals surface area (Å²) in [6.45, 7) is 1.76. The molecule has 5 heteroatoms. The van der Waals surface area contributed by atoms with E-state index in [2.05, 4.69) is 5.32 Å². The third-order valence-electron chi connectivity index (χ3n) is 2.70. The second-order valence-electron chi connectivity index (χ2n) is 3.84. The average Bonchev–Trinajstić information content (AvgIpc) is 2.36. The topological polar surface area (TPSA) is 67.8 Å². The van der Waals surface area contributed by atoms with Crippen LogP contribution in [0.2, 0.25) is 0 Å². The van der Waals surface area contributed by atoms with E-state index in [1.165, 1.54) is 7.11 Å². The number of aliphatic hydroxyl groups excluding tert-OH is 1. The largest absolute Gasteiger partial charge is 0.493 e. The molecule has 2 N–H and O–H groups in total. The molecule has 0 saturated carbocycles. The lowest BCUT2D eigenvalue weighted by atomic mass is 10.1. The summed E-state index contributed by atoms with van der Waals surface area (Å²) >= 11 is 0. The summed E-state index contributed by atoms with van der Waals surface area (Å²) in [5, 5.41) is 11.9. The Morgan fingerprint density at radius 3 is 2.88 bits per heavy atom. The highest BCUT2D eigenvalue weighted by molar-refractivity contribution is 5.98. The molecule has 1 atom stereocenters. The number of benzene rings is 1. The van der Waals surface area contributed by atoms with E-state index in [1.54, 1.807) is 12.1 Å². The number of hydrogen-bond donors (Lipinski definition) is 2. The lowest BCUT2D eigenvalue weighted by Gasteiger charge is -2.26. The molecule has 0 aromatic heterocycles. The monoisotopic (exact) mass is 237 g/mol. The number of hydrogen-bond acceptors (Lipinski definition) is 4. The zero-order chi connectivity index (χ0) is 12.4. The molecular formula is C12H15NO4. The third kappa shape index (κ3) is 2.06. The average molecular weight is 237 g/mol. The minimum Gasteiger partial charge on any atom is -0.493 e. The van der Waals surface area contributed by atoms with Crippen LogP contribution in [0.3, 0.4) is 0 Å². The van der Waals surface area contributed by atoms with Gasteiger partial charge in [-0.3, -0.25) is 4.79 Å². The molecule has 1 aromatic carbocycles. The Morgan fingerprint density at radius 2 is 2.29 bits per heavy atom. The summed E-state index contributed by atoms with van der Waals surface area (Å²) in [6, 6.07) is 3.38. The smallest absolute Gasteiger partial charge is 0.265 e. The number of ether oxygens (including phenoxy) is 2. The van der Waals surface area contributed by atoms with E-state index in [1.807, 2.05) is 6.92 Å². The van der Waals surface area contributed by atoms with Crippen molar-refractivity contribution in [1.82, 2.24) is 0 Å². The first-order valence-electron chi connectivity index (χ1n) is 5.48. The summed E-state index contributed by atoms with van der Waals surface area (Å²) in [4.78, 5) is 11.6. The first-order valence-corrected chi connectivity index (χ1v) is 5.48. The van der Waals surface area contributed by atoms with Crippen molar-refractivity contribution in [2.75, 3.05) is 12.4 Å². The molecule has 1 aromatic rings. The highest BCUT2D eigenvalue weighted by atomic mass is 16.5. The van der Waals surface area contributed by atoms with Gasteiger partial charge in [0.05, 0.1) is 19.4 Å². The fourth-order valence-corrected chi connectivity index (χ4v) is 1.79. The second kappa shape index (κ2) is 4.63. The minimum atomic E-state index is -0.489. The Balaban J connectivity index is 2.45. The third-order valence-corrected chi connectivity index (χ3v) is 2.70. The van der Waals surface area contributed by atoms with Crippen molar-refractivity contribution in [3.63, 3.8) is 0 Å². The van der Waals surface area contributed by atoms with E-state index in [0.717, 1.165) is 0 Å². The maximum absolute atomic E-state index is 11.6. The molecule has 5 nitrogen and oxygen atoms in total. The Kier molecular flexibility index (Phi) is 3.19. The SMILES string of the molecule is CCC1Oc2c(cc(CO)cc2OC)NC1=O.